The van der Waals surface area contributed by atoms with Gasteiger partial charge < -0.3 is 19.7 Å². The van der Waals surface area contributed by atoms with Crippen molar-refractivity contribution in [2.75, 3.05) is 13.7 Å². The van der Waals surface area contributed by atoms with E-state index in [1.54, 1.807) is 17.7 Å². The molecule has 0 radical (unpaired) electrons. The standard InChI is InChI=1S/C27H26ClFN2O3/c1-17-7-10-21-22(15-30-12-11-18-5-3-4-6-25(18)34-2)26(27(32)33)31(24(21)13-17)16-19-8-9-20(29)14-23(19)28/h3-10,13-14,30H,11-12,15-16H2,1-2H3,(H,32,33). The second kappa shape index (κ2) is 10.3. The molecule has 0 aliphatic heterocycles. The van der Waals surface area contributed by atoms with Gasteiger partial charge in [-0.2, -0.15) is 0 Å². The lowest BCUT2D eigenvalue weighted by atomic mass is 10.1. The van der Waals surface area contributed by atoms with Gasteiger partial charge in [-0.3, -0.25) is 0 Å². The van der Waals surface area contributed by atoms with Crippen LogP contribution in [-0.2, 0) is 19.5 Å². The molecule has 0 aliphatic rings. The molecule has 0 atom stereocenters. The number of hydrogen-bond acceptors (Lipinski definition) is 3. The summed E-state index contributed by atoms with van der Waals surface area (Å²) in [5, 5.41) is 14.7. The summed E-state index contributed by atoms with van der Waals surface area (Å²) in [7, 11) is 1.65. The summed E-state index contributed by atoms with van der Waals surface area (Å²) < 4.78 is 20.7. The van der Waals surface area contributed by atoms with Gasteiger partial charge in [0.2, 0.25) is 0 Å². The van der Waals surface area contributed by atoms with Crippen LogP contribution >= 0.6 is 11.6 Å². The van der Waals surface area contributed by atoms with Crippen LogP contribution in [0.4, 0.5) is 4.39 Å². The molecule has 5 nitrogen and oxygen atoms in total. The predicted octanol–water partition coefficient (Wildman–Crippen LogP) is 5.83. The molecule has 4 rings (SSSR count). The van der Waals surface area contributed by atoms with Gasteiger partial charge in [0.1, 0.15) is 17.3 Å². The molecule has 0 spiro atoms. The number of nitrogens with zero attached hydrogens (tertiary/aromatic N) is 1. The Morgan fingerprint density at radius 2 is 1.91 bits per heavy atom. The minimum atomic E-state index is -1.02. The zero-order chi connectivity index (χ0) is 24.2. The molecule has 0 amide bonds. The van der Waals surface area contributed by atoms with Crippen molar-refractivity contribution in [1.82, 2.24) is 9.88 Å². The number of fused-ring (bicyclic) bond motifs is 1. The molecule has 34 heavy (non-hydrogen) atoms. The first-order valence-electron chi connectivity index (χ1n) is 11.0. The second-order valence-electron chi connectivity index (χ2n) is 8.21. The Morgan fingerprint density at radius 3 is 2.65 bits per heavy atom. The summed E-state index contributed by atoms with van der Waals surface area (Å²) in [6.45, 7) is 3.23. The molecular formula is C27H26ClFN2O3. The molecule has 0 unspecified atom stereocenters. The summed E-state index contributed by atoms with van der Waals surface area (Å²) >= 11 is 6.26. The van der Waals surface area contributed by atoms with E-state index in [-0.39, 0.29) is 17.3 Å². The molecule has 0 aliphatic carbocycles. The maximum Gasteiger partial charge on any atom is 0.352 e. The van der Waals surface area contributed by atoms with E-state index < -0.39 is 11.8 Å². The van der Waals surface area contributed by atoms with Gasteiger partial charge >= 0.3 is 5.97 Å². The first-order chi connectivity index (χ1) is 16.4. The van der Waals surface area contributed by atoms with Gasteiger partial charge in [-0.15, -0.1) is 0 Å². The maximum absolute atomic E-state index is 13.5. The highest BCUT2D eigenvalue weighted by Gasteiger charge is 2.23. The number of methoxy groups -OCH3 is 1. The SMILES string of the molecule is COc1ccccc1CCNCc1c(C(=O)O)n(Cc2ccc(F)cc2Cl)c2cc(C)ccc12. The number of benzene rings is 3. The zero-order valence-electron chi connectivity index (χ0n) is 19.1. The number of hydrogen-bond donors (Lipinski definition) is 2. The van der Waals surface area contributed by atoms with E-state index in [4.69, 9.17) is 16.3 Å². The van der Waals surface area contributed by atoms with Crippen molar-refractivity contribution in [2.45, 2.75) is 26.4 Å². The van der Waals surface area contributed by atoms with Crippen LogP contribution in [0.1, 0.15) is 32.7 Å². The van der Waals surface area contributed by atoms with E-state index in [1.807, 2.05) is 49.4 Å². The highest BCUT2D eigenvalue weighted by Crippen LogP contribution is 2.30. The number of para-hydroxylation sites is 1. The highest BCUT2D eigenvalue weighted by molar-refractivity contribution is 6.31. The summed E-state index contributed by atoms with van der Waals surface area (Å²) in [5.41, 5.74) is 4.47. The van der Waals surface area contributed by atoms with Gasteiger partial charge in [-0.25, -0.2) is 9.18 Å². The monoisotopic (exact) mass is 480 g/mol. The summed E-state index contributed by atoms with van der Waals surface area (Å²) in [6.07, 6.45) is 0.745. The third kappa shape index (κ3) is 4.93. The number of carbonyl (C=O) groups is 1. The largest absolute Gasteiger partial charge is 0.496 e. The number of aromatic nitrogens is 1. The van der Waals surface area contributed by atoms with Crippen LogP contribution in [0.15, 0.2) is 60.7 Å². The Kier molecular flexibility index (Phi) is 7.20. The molecule has 176 valence electrons. The minimum Gasteiger partial charge on any atom is -0.496 e. The van der Waals surface area contributed by atoms with E-state index >= 15 is 0 Å². The molecule has 4 aromatic rings. The van der Waals surface area contributed by atoms with Crippen LogP contribution in [0.25, 0.3) is 10.9 Å². The molecule has 1 aromatic heterocycles. The Labute approximate surface area is 202 Å². The van der Waals surface area contributed by atoms with Gasteiger partial charge in [-0.05, 0) is 60.8 Å². The first kappa shape index (κ1) is 23.8. The Morgan fingerprint density at radius 1 is 1.12 bits per heavy atom. The van der Waals surface area contributed by atoms with E-state index in [1.165, 1.54) is 12.1 Å². The summed E-state index contributed by atoms with van der Waals surface area (Å²) in [6, 6.07) is 17.9. The third-order valence-corrected chi connectivity index (χ3v) is 6.29. The lowest BCUT2D eigenvalue weighted by Gasteiger charge is -2.12. The quantitative estimate of drug-likeness (QED) is 0.296. The van der Waals surface area contributed by atoms with Crippen molar-refractivity contribution in [3.8, 4) is 5.75 Å². The van der Waals surface area contributed by atoms with Crippen LogP contribution in [0.3, 0.4) is 0 Å². The first-order valence-corrected chi connectivity index (χ1v) is 11.4. The molecule has 2 N–H and O–H groups in total. The molecule has 0 bridgehead atoms. The molecule has 3 aromatic carbocycles. The fourth-order valence-electron chi connectivity index (χ4n) is 4.29. The summed E-state index contributed by atoms with van der Waals surface area (Å²) in [5.74, 6) is -0.618. The number of halogens is 2. The third-order valence-electron chi connectivity index (χ3n) is 5.94. The average molecular weight is 481 g/mol. The second-order valence-corrected chi connectivity index (χ2v) is 8.62. The van der Waals surface area contributed by atoms with E-state index in [0.29, 0.717) is 24.2 Å². The number of aromatic carboxylic acids is 1. The number of aryl methyl sites for hydroxylation is 1. The molecule has 0 saturated heterocycles. The van der Waals surface area contributed by atoms with Crippen LogP contribution in [0.2, 0.25) is 5.02 Å². The molecular weight excluding hydrogens is 455 g/mol. The van der Waals surface area contributed by atoms with Gasteiger partial charge in [0.15, 0.2) is 0 Å². The van der Waals surface area contributed by atoms with E-state index in [2.05, 4.69) is 5.32 Å². The van der Waals surface area contributed by atoms with Crippen LogP contribution in [0, 0.1) is 12.7 Å². The molecule has 0 fully saturated rings. The topological polar surface area (TPSA) is 63.5 Å². The Hall–Kier alpha value is -3.35. The number of carboxylic acid groups (broad SMARTS) is 1. The van der Waals surface area contributed by atoms with Gasteiger partial charge in [0.05, 0.1) is 7.11 Å². The van der Waals surface area contributed by atoms with Gasteiger partial charge in [-0.1, -0.05) is 48.0 Å². The lowest BCUT2D eigenvalue weighted by Crippen LogP contribution is -2.19. The predicted molar refractivity (Wildman–Crippen MR) is 133 cm³/mol. The van der Waals surface area contributed by atoms with Crippen molar-refractivity contribution < 1.29 is 19.0 Å². The van der Waals surface area contributed by atoms with Crippen molar-refractivity contribution >= 4 is 28.5 Å². The van der Waals surface area contributed by atoms with E-state index in [0.717, 1.165) is 34.2 Å². The number of carboxylic acids is 1. The van der Waals surface area contributed by atoms with Crippen molar-refractivity contribution in [3.63, 3.8) is 0 Å². The van der Waals surface area contributed by atoms with Gasteiger partial charge in [0.25, 0.3) is 0 Å². The fraction of sp³-hybridized carbons (Fsp3) is 0.222. The smallest absolute Gasteiger partial charge is 0.352 e. The van der Waals surface area contributed by atoms with Crippen molar-refractivity contribution in [1.29, 1.82) is 0 Å². The average Bonchev–Trinajstić information content (AvgIpc) is 3.11. The number of nitrogens with one attached hydrogen (secondary N) is 1. The Bertz CT molecular complexity index is 1350. The normalized spacial score (nSPS) is 11.2. The number of rotatable bonds is 9. The minimum absolute atomic E-state index is 0.200. The van der Waals surface area contributed by atoms with Gasteiger partial charge in [0, 0.05) is 34.6 Å². The molecule has 7 heteroatoms. The van der Waals surface area contributed by atoms with E-state index in [9.17, 15) is 14.3 Å². The van der Waals surface area contributed by atoms with Crippen molar-refractivity contribution in [2.24, 2.45) is 0 Å². The lowest BCUT2D eigenvalue weighted by molar-refractivity contribution is 0.0684. The Balaban J connectivity index is 1.66. The van der Waals surface area contributed by atoms with Crippen LogP contribution < -0.4 is 10.1 Å². The molecule has 1 heterocycles. The van der Waals surface area contributed by atoms with Crippen LogP contribution in [0.5, 0.6) is 5.75 Å². The van der Waals surface area contributed by atoms with Crippen LogP contribution in [-0.4, -0.2) is 29.3 Å². The zero-order valence-corrected chi connectivity index (χ0v) is 19.8. The maximum atomic E-state index is 13.5. The highest BCUT2D eigenvalue weighted by atomic mass is 35.5. The number of ether oxygens (including phenoxy) is 1. The molecule has 0 saturated carbocycles. The fourth-order valence-corrected chi connectivity index (χ4v) is 4.51. The van der Waals surface area contributed by atoms with Crippen molar-refractivity contribution in [3.05, 3.63) is 99.5 Å². The summed E-state index contributed by atoms with van der Waals surface area (Å²) in [4.78, 5) is 12.4.